The van der Waals surface area contributed by atoms with Crippen LogP contribution in [0.2, 0.25) is 0 Å². The maximum absolute atomic E-state index is 12.4. The van der Waals surface area contributed by atoms with E-state index < -0.39 is 0 Å². The van der Waals surface area contributed by atoms with E-state index in [9.17, 15) is 4.79 Å². The zero-order valence-corrected chi connectivity index (χ0v) is 17.9. The first-order chi connectivity index (χ1) is 11.8. The Kier molecular flexibility index (Phi) is 5.11. The molecule has 0 aliphatic carbocycles. The van der Waals surface area contributed by atoms with Crippen molar-refractivity contribution in [2.75, 3.05) is 14.1 Å². The second-order valence-electron chi connectivity index (χ2n) is 6.08. The number of likely N-dealkylation sites (N-methyl/N-ethyl adjacent to an activating group) is 1. The van der Waals surface area contributed by atoms with Gasteiger partial charge in [-0.25, -0.2) is 0 Å². The summed E-state index contributed by atoms with van der Waals surface area (Å²) in [5, 5.41) is 0.735. The minimum Gasteiger partial charge on any atom is -0.318 e. The number of thioether (sulfide) groups is 1. The lowest BCUT2D eigenvalue weighted by atomic mass is 10.2. The first kappa shape index (κ1) is 18.3. The number of aryl methyl sites for hydroxylation is 2. The number of amidine groups is 1. The second kappa shape index (κ2) is 6.99. The van der Waals surface area contributed by atoms with Gasteiger partial charge in [0.25, 0.3) is 5.91 Å². The number of halogens is 1. The smallest absolute Gasteiger partial charge is 0.266 e. The molecule has 1 aliphatic heterocycles. The van der Waals surface area contributed by atoms with Crippen LogP contribution in [0.25, 0.3) is 11.8 Å². The van der Waals surface area contributed by atoms with E-state index >= 15 is 0 Å². The van der Waals surface area contributed by atoms with E-state index in [0.29, 0.717) is 4.91 Å². The van der Waals surface area contributed by atoms with Crippen LogP contribution in [-0.2, 0) is 4.79 Å². The molecule has 1 fully saturated rings. The van der Waals surface area contributed by atoms with Crippen molar-refractivity contribution in [2.45, 2.75) is 20.8 Å². The molecule has 3 rings (SSSR count). The molecule has 1 saturated heterocycles. The van der Waals surface area contributed by atoms with Gasteiger partial charge in [-0.3, -0.25) is 14.7 Å². The average molecular weight is 465 g/mol. The standard InChI is InChI=1S/C19H20IN3OS/c1-11-8-15(6-7-16(11)20)23-12(2)9-14(13(23)3)10-17-18(24)22(5)19(21-4)25-17/h6-10H,1-5H3/b17-10-,21-19?. The summed E-state index contributed by atoms with van der Waals surface area (Å²) in [5.41, 5.74) is 5.75. The third-order valence-corrected chi connectivity index (χ3v) is 6.71. The summed E-state index contributed by atoms with van der Waals surface area (Å²) in [7, 11) is 3.47. The highest BCUT2D eigenvalue weighted by atomic mass is 127. The number of amides is 1. The molecule has 25 heavy (non-hydrogen) atoms. The normalized spacial score (nSPS) is 18.0. The highest BCUT2D eigenvalue weighted by Crippen LogP contribution is 2.33. The van der Waals surface area contributed by atoms with Crippen molar-refractivity contribution in [2.24, 2.45) is 4.99 Å². The number of benzene rings is 1. The molecular weight excluding hydrogens is 445 g/mol. The largest absolute Gasteiger partial charge is 0.318 e. The van der Waals surface area contributed by atoms with Crippen molar-refractivity contribution in [1.29, 1.82) is 0 Å². The van der Waals surface area contributed by atoms with Gasteiger partial charge in [0, 0.05) is 34.7 Å². The van der Waals surface area contributed by atoms with Crippen molar-refractivity contribution >= 4 is 51.5 Å². The quantitative estimate of drug-likeness (QED) is 0.483. The lowest BCUT2D eigenvalue weighted by Crippen LogP contribution is -2.23. The SMILES string of the molecule is CN=C1S/C(=C\c2cc(C)n(-c3ccc(I)c(C)c3)c2C)C(=O)N1C. The first-order valence-corrected chi connectivity index (χ1v) is 9.83. The van der Waals surface area contributed by atoms with Gasteiger partial charge in [-0.2, -0.15) is 0 Å². The molecule has 1 amide bonds. The third-order valence-electron chi connectivity index (χ3n) is 4.35. The molecule has 0 radical (unpaired) electrons. The van der Waals surface area contributed by atoms with Gasteiger partial charge in [0.15, 0.2) is 5.17 Å². The lowest BCUT2D eigenvalue weighted by molar-refractivity contribution is -0.121. The molecule has 1 aromatic heterocycles. The predicted molar refractivity (Wildman–Crippen MR) is 114 cm³/mol. The third kappa shape index (κ3) is 3.29. The van der Waals surface area contributed by atoms with Gasteiger partial charge in [0.2, 0.25) is 0 Å². The molecule has 130 valence electrons. The summed E-state index contributed by atoms with van der Waals surface area (Å²) < 4.78 is 3.49. The summed E-state index contributed by atoms with van der Waals surface area (Å²) in [6.07, 6.45) is 1.97. The zero-order chi connectivity index (χ0) is 18.3. The molecule has 1 aliphatic rings. The Bertz CT molecular complexity index is 927. The maximum Gasteiger partial charge on any atom is 0.266 e. The fraction of sp³-hybridized carbons (Fsp3) is 0.263. The van der Waals surface area contributed by atoms with Gasteiger partial charge >= 0.3 is 0 Å². The van der Waals surface area contributed by atoms with E-state index in [1.165, 1.54) is 20.9 Å². The van der Waals surface area contributed by atoms with E-state index in [-0.39, 0.29) is 5.91 Å². The Morgan fingerprint density at radius 2 is 1.92 bits per heavy atom. The van der Waals surface area contributed by atoms with Gasteiger partial charge in [0.1, 0.15) is 0 Å². The molecule has 0 atom stereocenters. The van der Waals surface area contributed by atoms with Crippen LogP contribution in [0.15, 0.2) is 34.2 Å². The monoisotopic (exact) mass is 465 g/mol. The summed E-state index contributed by atoms with van der Waals surface area (Å²) in [6, 6.07) is 8.60. The average Bonchev–Trinajstić information content (AvgIpc) is 3.01. The van der Waals surface area contributed by atoms with Crippen LogP contribution in [0.5, 0.6) is 0 Å². The van der Waals surface area contributed by atoms with Crippen LogP contribution in [0.3, 0.4) is 0 Å². The highest BCUT2D eigenvalue weighted by molar-refractivity contribution is 14.1. The minimum atomic E-state index is 0.000474. The Balaban J connectivity index is 2.05. The number of hydrogen-bond acceptors (Lipinski definition) is 3. The summed E-state index contributed by atoms with van der Waals surface area (Å²) in [6.45, 7) is 6.31. The van der Waals surface area contributed by atoms with Gasteiger partial charge < -0.3 is 4.57 Å². The fourth-order valence-electron chi connectivity index (χ4n) is 2.99. The van der Waals surface area contributed by atoms with Crippen molar-refractivity contribution in [3.05, 3.63) is 55.3 Å². The van der Waals surface area contributed by atoms with E-state index in [4.69, 9.17) is 0 Å². The number of aliphatic imine (C=N–C) groups is 1. The summed E-state index contributed by atoms with van der Waals surface area (Å²) >= 11 is 3.77. The van der Waals surface area contributed by atoms with Gasteiger partial charge in [0.05, 0.1) is 4.91 Å². The molecule has 4 nitrogen and oxygen atoms in total. The zero-order valence-electron chi connectivity index (χ0n) is 14.9. The lowest BCUT2D eigenvalue weighted by Gasteiger charge is -2.11. The topological polar surface area (TPSA) is 37.6 Å². The minimum absolute atomic E-state index is 0.000474. The molecule has 0 bridgehead atoms. The number of nitrogens with zero attached hydrogens (tertiary/aromatic N) is 3. The van der Waals surface area contributed by atoms with E-state index in [1.54, 1.807) is 19.0 Å². The Hall–Kier alpha value is -1.54. The van der Waals surface area contributed by atoms with E-state index in [0.717, 1.165) is 27.8 Å². The molecular formula is C19H20IN3OS. The summed E-state index contributed by atoms with van der Waals surface area (Å²) in [4.78, 5) is 18.8. The van der Waals surface area contributed by atoms with Gasteiger partial charge in [-0.05, 0) is 96.6 Å². The predicted octanol–water partition coefficient (Wildman–Crippen LogP) is 4.54. The van der Waals surface area contributed by atoms with Crippen molar-refractivity contribution in [3.8, 4) is 5.69 Å². The molecule has 2 heterocycles. The molecule has 1 aromatic carbocycles. The molecule has 0 unspecified atom stereocenters. The second-order valence-corrected chi connectivity index (χ2v) is 8.25. The van der Waals surface area contributed by atoms with E-state index in [2.05, 4.69) is 77.2 Å². The number of rotatable bonds is 2. The first-order valence-electron chi connectivity index (χ1n) is 7.93. The fourth-order valence-corrected chi connectivity index (χ4v) is 4.24. The van der Waals surface area contributed by atoms with Crippen LogP contribution in [0.4, 0.5) is 0 Å². The maximum atomic E-state index is 12.4. The molecule has 6 heteroatoms. The van der Waals surface area contributed by atoms with Gasteiger partial charge in [-0.1, -0.05) is 0 Å². The molecule has 2 aromatic rings. The van der Waals surface area contributed by atoms with Crippen LogP contribution in [0, 0.1) is 24.3 Å². The molecule has 0 N–H and O–H groups in total. The Morgan fingerprint density at radius 3 is 2.52 bits per heavy atom. The van der Waals surface area contributed by atoms with E-state index in [1.807, 2.05) is 6.08 Å². The van der Waals surface area contributed by atoms with Gasteiger partial charge in [-0.15, -0.1) is 0 Å². The van der Waals surface area contributed by atoms with Crippen molar-refractivity contribution in [3.63, 3.8) is 0 Å². The number of aromatic nitrogens is 1. The van der Waals surface area contributed by atoms with Crippen LogP contribution < -0.4 is 0 Å². The number of hydrogen-bond donors (Lipinski definition) is 0. The van der Waals surface area contributed by atoms with Crippen LogP contribution in [0.1, 0.15) is 22.5 Å². The summed E-state index contributed by atoms with van der Waals surface area (Å²) in [5.74, 6) is 0.000474. The Morgan fingerprint density at radius 1 is 1.20 bits per heavy atom. The highest BCUT2D eigenvalue weighted by Gasteiger charge is 2.30. The number of carbonyl (C=O) groups excluding carboxylic acids is 1. The van der Waals surface area contributed by atoms with Crippen molar-refractivity contribution in [1.82, 2.24) is 9.47 Å². The van der Waals surface area contributed by atoms with Crippen LogP contribution in [-0.4, -0.2) is 34.6 Å². The van der Waals surface area contributed by atoms with Crippen molar-refractivity contribution < 1.29 is 4.79 Å². The van der Waals surface area contributed by atoms with Crippen LogP contribution >= 0.6 is 34.4 Å². The molecule has 0 saturated carbocycles. The Labute approximate surface area is 166 Å². The number of carbonyl (C=O) groups is 1. The molecule has 0 spiro atoms.